The Hall–Kier alpha value is -0.300. The lowest BCUT2D eigenvalue weighted by molar-refractivity contribution is 0.0813. The summed E-state index contributed by atoms with van der Waals surface area (Å²) in [5, 5.41) is 10.1. The second-order valence-corrected chi connectivity index (χ2v) is 4.17. The lowest BCUT2D eigenvalue weighted by Gasteiger charge is -2.24. The largest absolute Gasteiger partial charge is 0.386 e. The zero-order chi connectivity index (χ0) is 9.73. The molecule has 0 aromatic carbocycles. The van der Waals surface area contributed by atoms with Crippen molar-refractivity contribution in [2.24, 2.45) is 0 Å². The zero-order valence-electron chi connectivity index (χ0n) is 8.97. The molecule has 76 valence electrons. The standard InChI is InChI=1S/C12H22O/c1-3-12(13,4-2)10-11-8-6-5-7-9-11/h10,13H,3-9H2,1-2H3. The third-order valence-electron chi connectivity index (χ3n) is 3.19. The van der Waals surface area contributed by atoms with Crippen molar-refractivity contribution in [2.75, 3.05) is 0 Å². The highest BCUT2D eigenvalue weighted by molar-refractivity contribution is 5.12. The molecule has 0 heterocycles. The summed E-state index contributed by atoms with van der Waals surface area (Å²) in [5.41, 5.74) is 0.963. The molecule has 0 aromatic heterocycles. The van der Waals surface area contributed by atoms with E-state index in [2.05, 4.69) is 19.9 Å². The van der Waals surface area contributed by atoms with Gasteiger partial charge in [0.25, 0.3) is 0 Å². The lowest BCUT2D eigenvalue weighted by Crippen LogP contribution is -2.24. The molecule has 0 amide bonds. The van der Waals surface area contributed by atoms with Gasteiger partial charge in [-0.15, -0.1) is 0 Å². The predicted molar refractivity (Wildman–Crippen MR) is 56.7 cm³/mol. The van der Waals surface area contributed by atoms with Crippen LogP contribution in [0.2, 0.25) is 0 Å². The molecule has 0 aliphatic heterocycles. The molecule has 0 atom stereocenters. The van der Waals surface area contributed by atoms with Crippen LogP contribution in [0.3, 0.4) is 0 Å². The zero-order valence-corrected chi connectivity index (χ0v) is 8.97. The van der Waals surface area contributed by atoms with E-state index in [1.54, 1.807) is 0 Å². The van der Waals surface area contributed by atoms with Crippen molar-refractivity contribution in [3.8, 4) is 0 Å². The fourth-order valence-corrected chi connectivity index (χ4v) is 1.98. The van der Waals surface area contributed by atoms with E-state index in [-0.39, 0.29) is 0 Å². The Kier molecular flexibility index (Phi) is 3.98. The molecule has 0 spiro atoms. The van der Waals surface area contributed by atoms with Crippen molar-refractivity contribution in [1.82, 2.24) is 0 Å². The van der Waals surface area contributed by atoms with E-state index >= 15 is 0 Å². The first-order valence-electron chi connectivity index (χ1n) is 5.63. The van der Waals surface area contributed by atoms with Crippen LogP contribution in [0.25, 0.3) is 0 Å². The Morgan fingerprint density at radius 3 is 2.15 bits per heavy atom. The van der Waals surface area contributed by atoms with Crippen molar-refractivity contribution in [3.63, 3.8) is 0 Å². The first-order chi connectivity index (χ1) is 6.20. The predicted octanol–water partition coefficient (Wildman–Crippen LogP) is 3.43. The summed E-state index contributed by atoms with van der Waals surface area (Å²) < 4.78 is 0. The van der Waals surface area contributed by atoms with E-state index in [0.717, 1.165) is 12.8 Å². The quantitative estimate of drug-likeness (QED) is 0.663. The van der Waals surface area contributed by atoms with Crippen LogP contribution < -0.4 is 0 Å². The van der Waals surface area contributed by atoms with Gasteiger partial charge in [0.05, 0.1) is 5.60 Å². The third kappa shape index (κ3) is 3.15. The van der Waals surface area contributed by atoms with Crippen LogP contribution in [0.5, 0.6) is 0 Å². The van der Waals surface area contributed by atoms with Crippen LogP contribution >= 0.6 is 0 Å². The van der Waals surface area contributed by atoms with Crippen LogP contribution in [-0.4, -0.2) is 10.7 Å². The Balaban J connectivity index is 2.59. The molecule has 1 rings (SSSR count). The minimum Gasteiger partial charge on any atom is -0.386 e. The minimum atomic E-state index is -0.521. The van der Waals surface area contributed by atoms with Crippen LogP contribution in [-0.2, 0) is 0 Å². The summed E-state index contributed by atoms with van der Waals surface area (Å²) in [5.74, 6) is 0. The average molecular weight is 182 g/mol. The van der Waals surface area contributed by atoms with Crippen molar-refractivity contribution >= 4 is 0 Å². The molecule has 0 bridgehead atoms. The van der Waals surface area contributed by atoms with E-state index in [1.165, 1.54) is 37.7 Å². The first kappa shape index (κ1) is 10.8. The molecule has 13 heavy (non-hydrogen) atoms. The summed E-state index contributed by atoms with van der Waals surface area (Å²) in [7, 11) is 0. The van der Waals surface area contributed by atoms with Gasteiger partial charge in [-0.05, 0) is 38.5 Å². The second kappa shape index (κ2) is 4.80. The normalized spacial score (nSPS) is 18.8. The Morgan fingerprint density at radius 1 is 1.15 bits per heavy atom. The maximum Gasteiger partial charge on any atom is 0.0825 e. The summed E-state index contributed by atoms with van der Waals surface area (Å²) in [6.07, 6.45) is 10.2. The number of allylic oxidation sites excluding steroid dienone is 1. The van der Waals surface area contributed by atoms with Gasteiger partial charge in [0, 0.05) is 0 Å². The van der Waals surface area contributed by atoms with Crippen molar-refractivity contribution < 1.29 is 5.11 Å². The molecule has 0 unspecified atom stereocenters. The number of hydrogen-bond donors (Lipinski definition) is 1. The van der Waals surface area contributed by atoms with Gasteiger partial charge in [0.2, 0.25) is 0 Å². The molecule has 1 fully saturated rings. The second-order valence-electron chi connectivity index (χ2n) is 4.17. The molecular formula is C12H22O. The molecule has 1 heteroatoms. The Bertz CT molecular complexity index is 170. The SMILES string of the molecule is CCC(O)(C=C1CCCCC1)CC. The third-order valence-corrected chi connectivity index (χ3v) is 3.19. The van der Waals surface area contributed by atoms with E-state index in [9.17, 15) is 5.11 Å². The topological polar surface area (TPSA) is 20.2 Å². The maximum atomic E-state index is 10.1. The molecule has 1 aliphatic carbocycles. The molecule has 1 aliphatic rings. The van der Waals surface area contributed by atoms with Crippen LogP contribution in [0.1, 0.15) is 58.8 Å². The molecule has 1 N–H and O–H groups in total. The van der Waals surface area contributed by atoms with Gasteiger partial charge in [0.15, 0.2) is 0 Å². The first-order valence-corrected chi connectivity index (χ1v) is 5.63. The lowest BCUT2D eigenvalue weighted by atomic mass is 9.88. The van der Waals surface area contributed by atoms with Gasteiger partial charge in [-0.2, -0.15) is 0 Å². The van der Waals surface area contributed by atoms with Gasteiger partial charge in [-0.3, -0.25) is 0 Å². The summed E-state index contributed by atoms with van der Waals surface area (Å²) in [6.45, 7) is 4.12. The molecular weight excluding hydrogens is 160 g/mol. The molecule has 0 radical (unpaired) electrons. The smallest absolute Gasteiger partial charge is 0.0825 e. The summed E-state index contributed by atoms with van der Waals surface area (Å²) in [4.78, 5) is 0. The number of hydrogen-bond acceptors (Lipinski definition) is 1. The molecule has 0 saturated heterocycles. The Labute approximate surface area is 81.9 Å². The highest BCUT2D eigenvalue weighted by Crippen LogP contribution is 2.27. The van der Waals surface area contributed by atoms with E-state index in [0.29, 0.717) is 0 Å². The highest BCUT2D eigenvalue weighted by Gasteiger charge is 2.20. The fraction of sp³-hybridized carbons (Fsp3) is 0.833. The highest BCUT2D eigenvalue weighted by atomic mass is 16.3. The van der Waals surface area contributed by atoms with Crippen molar-refractivity contribution in [3.05, 3.63) is 11.6 Å². The van der Waals surface area contributed by atoms with Crippen molar-refractivity contribution in [1.29, 1.82) is 0 Å². The van der Waals surface area contributed by atoms with E-state index < -0.39 is 5.60 Å². The monoisotopic (exact) mass is 182 g/mol. The van der Waals surface area contributed by atoms with Crippen LogP contribution in [0, 0.1) is 0 Å². The van der Waals surface area contributed by atoms with Crippen molar-refractivity contribution in [2.45, 2.75) is 64.4 Å². The number of rotatable bonds is 3. The van der Waals surface area contributed by atoms with Crippen LogP contribution in [0.15, 0.2) is 11.6 Å². The van der Waals surface area contributed by atoms with E-state index in [1.807, 2.05) is 0 Å². The van der Waals surface area contributed by atoms with Gasteiger partial charge in [0.1, 0.15) is 0 Å². The summed E-state index contributed by atoms with van der Waals surface area (Å²) >= 11 is 0. The Morgan fingerprint density at radius 2 is 1.69 bits per heavy atom. The molecule has 1 nitrogen and oxygen atoms in total. The molecule has 0 aromatic rings. The van der Waals surface area contributed by atoms with Gasteiger partial charge < -0.3 is 5.11 Å². The van der Waals surface area contributed by atoms with Gasteiger partial charge in [-0.25, -0.2) is 0 Å². The average Bonchev–Trinajstić information content (AvgIpc) is 2.19. The van der Waals surface area contributed by atoms with Gasteiger partial charge >= 0.3 is 0 Å². The summed E-state index contributed by atoms with van der Waals surface area (Å²) in [6, 6.07) is 0. The van der Waals surface area contributed by atoms with Crippen LogP contribution in [0.4, 0.5) is 0 Å². The maximum absolute atomic E-state index is 10.1. The fourth-order valence-electron chi connectivity index (χ4n) is 1.98. The number of aliphatic hydroxyl groups is 1. The van der Waals surface area contributed by atoms with E-state index in [4.69, 9.17) is 0 Å². The van der Waals surface area contributed by atoms with Gasteiger partial charge in [-0.1, -0.05) is 31.9 Å². The molecule has 1 saturated carbocycles. The minimum absolute atomic E-state index is 0.521.